The monoisotopic (exact) mass is 348 g/mol. The summed E-state index contributed by atoms with van der Waals surface area (Å²) in [6, 6.07) is 8.08. The molecule has 1 rings (SSSR count). The molecule has 0 saturated carbocycles. The standard InChI is InChI=1S/C21H32O4/c1-7-9-18(22)25-17(8-2)19(20(23)24)14(3)15-10-12-16(13-11-15)21(4,5)6/h10-14,17,19H,7-9H2,1-6H3,(H,23,24). The second-order valence-electron chi connectivity index (χ2n) is 7.71. The zero-order valence-corrected chi connectivity index (χ0v) is 16.3. The molecule has 0 spiro atoms. The minimum absolute atomic E-state index is 0.0512. The number of carbonyl (C=O) groups is 2. The predicted octanol–water partition coefficient (Wildman–Crippen LogP) is 4.91. The first-order chi connectivity index (χ1) is 11.6. The zero-order valence-electron chi connectivity index (χ0n) is 16.3. The average Bonchev–Trinajstić information content (AvgIpc) is 2.53. The fourth-order valence-corrected chi connectivity index (χ4v) is 3.03. The molecule has 0 aromatic heterocycles. The van der Waals surface area contributed by atoms with E-state index >= 15 is 0 Å². The van der Waals surface area contributed by atoms with Gasteiger partial charge in [-0.15, -0.1) is 0 Å². The topological polar surface area (TPSA) is 63.6 Å². The maximum Gasteiger partial charge on any atom is 0.310 e. The van der Waals surface area contributed by atoms with Crippen LogP contribution in [-0.2, 0) is 19.7 Å². The molecule has 0 heterocycles. The van der Waals surface area contributed by atoms with Crippen LogP contribution in [0, 0.1) is 5.92 Å². The highest BCUT2D eigenvalue weighted by atomic mass is 16.5. The molecule has 4 heteroatoms. The number of hydrogen-bond acceptors (Lipinski definition) is 3. The number of aliphatic carboxylic acids is 1. The smallest absolute Gasteiger partial charge is 0.310 e. The van der Waals surface area contributed by atoms with Crippen LogP contribution in [0.15, 0.2) is 24.3 Å². The number of carbonyl (C=O) groups excluding carboxylic acids is 1. The van der Waals surface area contributed by atoms with Crippen LogP contribution in [0.25, 0.3) is 0 Å². The number of ether oxygens (including phenoxy) is 1. The molecule has 0 bridgehead atoms. The lowest BCUT2D eigenvalue weighted by molar-refractivity contribution is -0.160. The molecule has 0 aliphatic heterocycles. The quantitative estimate of drug-likeness (QED) is 0.678. The molecule has 4 nitrogen and oxygen atoms in total. The Kier molecular flexibility index (Phi) is 7.65. The molecule has 140 valence electrons. The van der Waals surface area contributed by atoms with Crippen LogP contribution < -0.4 is 0 Å². The van der Waals surface area contributed by atoms with Gasteiger partial charge in [-0.3, -0.25) is 9.59 Å². The number of esters is 1. The van der Waals surface area contributed by atoms with Crippen molar-refractivity contribution in [3.05, 3.63) is 35.4 Å². The van der Waals surface area contributed by atoms with Crippen molar-refractivity contribution in [3.63, 3.8) is 0 Å². The molecule has 1 aromatic carbocycles. The first-order valence-corrected chi connectivity index (χ1v) is 9.14. The average molecular weight is 348 g/mol. The maximum absolute atomic E-state index is 11.9. The molecular weight excluding hydrogens is 316 g/mol. The highest BCUT2D eigenvalue weighted by molar-refractivity contribution is 5.74. The van der Waals surface area contributed by atoms with Gasteiger partial charge in [0, 0.05) is 6.42 Å². The first-order valence-electron chi connectivity index (χ1n) is 9.14. The van der Waals surface area contributed by atoms with Gasteiger partial charge in [-0.2, -0.15) is 0 Å². The Labute approximate surface area is 151 Å². The third-order valence-corrected chi connectivity index (χ3v) is 4.67. The summed E-state index contributed by atoms with van der Waals surface area (Å²) in [4.78, 5) is 23.7. The van der Waals surface area contributed by atoms with Gasteiger partial charge >= 0.3 is 11.9 Å². The van der Waals surface area contributed by atoms with Gasteiger partial charge in [-0.1, -0.05) is 65.8 Å². The number of benzene rings is 1. The number of rotatable bonds is 8. The fraction of sp³-hybridized carbons (Fsp3) is 0.619. The summed E-state index contributed by atoms with van der Waals surface area (Å²) in [6.45, 7) is 12.1. The summed E-state index contributed by atoms with van der Waals surface area (Å²) in [6.07, 6.45) is 0.874. The Morgan fingerprint density at radius 1 is 1.12 bits per heavy atom. The van der Waals surface area contributed by atoms with Crippen molar-refractivity contribution in [1.82, 2.24) is 0 Å². The van der Waals surface area contributed by atoms with Gasteiger partial charge in [-0.25, -0.2) is 0 Å². The number of hydrogen-bond donors (Lipinski definition) is 1. The molecule has 1 N–H and O–H groups in total. The second kappa shape index (κ2) is 9.02. The van der Waals surface area contributed by atoms with E-state index in [9.17, 15) is 14.7 Å². The van der Waals surface area contributed by atoms with Crippen molar-refractivity contribution >= 4 is 11.9 Å². The Bertz CT molecular complexity index is 569. The summed E-state index contributed by atoms with van der Waals surface area (Å²) in [7, 11) is 0. The molecular formula is C21H32O4. The van der Waals surface area contributed by atoms with Crippen LogP contribution >= 0.6 is 0 Å². The highest BCUT2D eigenvalue weighted by Crippen LogP contribution is 2.32. The Morgan fingerprint density at radius 3 is 2.08 bits per heavy atom. The summed E-state index contributed by atoms with van der Waals surface area (Å²) < 4.78 is 5.46. The minimum atomic E-state index is -0.927. The molecule has 0 aliphatic rings. The first kappa shape index (κ1) is 21.2. The summed E-state index contributed by atoms with van der Waals surface area (Å²) in [5.41, 5.74) is 2.21. The molecule has 0 fully saturated rings. The van der Waals surface area contributed by atoms with Crippen molar-refractivity contribution in [2.24, 2.45) is 5.92 Å². The summed E-state index contributed by atoms with van der Waals surface area (Å²) in [5.74, 6) is -2.25. The molecule has 0 amide bonds. The molecule has 0 radical (unpaired) electrons. The molecule has 3 atom stereocenters. The van der Waals surface area contributed by atoms with E-state index in [1.807, 2.05) is 32.9 Å². The summed E-state index contributed by atoms with van der Waals surface area (Å²) >= 11 is 0. The Balaban J connectivity index is 3.04. The lowest BCUT2D eigenvalue weighted by Crippen LogP contribution is -2.35. The number of carboxylic acid groups (broad SMARTS) is 1. The molecule has 1 aromatic rings. The van der Waals surface area contributed by atoms with Gasteiger partial charge < -0.3 is 9.84 Å². The third-order valence-electron chi connectivity index (χ3n) is 4.67. The molecule has 25 heavy (non-hydrogen) atoms. The van der Waals surface area contributed by atoms with Crippen LogP contribution in [0.2, 0.25) is 0 Å². The SMILES string of the molecule is CCCC(=O)OC(CC)C(C(=O)O)C(C)c1ccc(C(C)(C)C)cc1. The fourth-order valence-electron chi connectivity index (χ4n) is 3.03. The van der Waals surface area contributed by atoms with E-state index in [-0.39, 0.29) is 17.3 Å². The van der Waals surface area contributed by atoms with E-state index in [4.69, 9.17) is 4.74 Å². The van der Waals surface area contributed by atoms with Crippen molar-refractivity contribution in [2.45, 2.75) is 78.2 Å². The largest absolute Gasteiger partial charge is 0.481 e. The van der Waals surface area contributed by atoms with Crippen LogP contribution in [0.3, 0.4) is 0 Å². The van der Waals surface area contributed by atoms with Crippen LogP contribution in [0.5, 0.6) is 0 Å². The van der Waals surface area contributed by atoms with Gasteiger partial charge in [0.15, 0.2) is 0 Å². The van der Waals surface area contributed by atoms with Gasteiger partial charge in [0.05, 0.1) is 0 Å². The lowest BCUT2D eigenvalue weighted by atomic mass is 9.80. The molecule has 3 unspecified atom stereocenters. The number of carboxylic acids is 1. The van der Waals surface area contributed by atoms with Gasteiger partial charge in [-0.05, 0) is 35.3 Å². The third kappa shape index (κ3) is 5.87. The molecule has 0 aliphatic carbocycles. The summed E-state index contributed by atoms with van der Waals surface area (Å²) in [5, 5.41) is 9.74. The Morgan fingerprint density at radius 2 is 1.68 bits per heavy atom. The van der Waals surface area contributed by atoms with Crippen LogP contribution in [0.1, 0.15) is 77.8 Å². The van der Waals surface area contributed by atoms with E-state index in [0.29, 0.717) is 19.3 Å². The predicted molar refractivity (Wildman–Crippen MR) is 99.8 cm³/mol. The van der Waals surface area contributed by atoms with Crippen LogP contribution in [-0.4, -0.2) is 23.1 Å². The highest BCUT2D eigenvalue weighted by Gasteiger charge is 2.35. The minimum Gasteiger partial charge on any atom is -0.481 e. The van der Waals surface area contributed by atoms with E-state index in [1.54, 1.807) is 0 Å². The van der Waals surface area contributed by atoms with Crippen molar-refractivity contribution in [2.75, 3.05) is 0 Å². The second-order valence-corrected chi connectivity index (χ2v) is 7.71. The van der Waals surface area contributed by atoms with E-state index in [0.717, 1.165) is 5.56 Å². The van der Waals surface area contributed by atoms with Crippen molar-refractivity contribution in [3.8, 4) is 0 Å². The van der Waals surface area contributed by atoms with Gasteiger partial charge in [0.2, 0.25) is 0 Å². The van der Waals surface area contributed by atoms with Crippen molar-refractivity contribution in [1.29, 1.82) is 0 Å². The van der Waals surface area contributed by atoms with E-state index in [1.165, 1.54) is 5.56 Å². The van der Waals surface area contributed by atoms with Crippen molar-refractivity contribution < 1.29 is 19.4 Å². The lowest BCUT2D eigenvalue weighted by Gasteiger charge is -2.28. The Hall–Kier alpha value is -1.84. The molecule has 0 saturated heterocycles. The van der Waals surface area contributed by atoms with E-state index in [2.05, 4.69) is 32.9 Å². The van der Waals surface area contributed by atoms with Gasteiger partial charge in [0.1, 0.15) is 12.0 Å². The normalized spacial score (nSPS) is 15.3. The maximum atomic E-state index is 11.9. The van der Waals surface area contributed by atoms with Gasteiger partial charge in [0.25, 0.3) is 0 Å². The van der Waals surface area contributed by atoms with E-state index < -0.39 is 18.0 Å². The zero-order chi connectivity index (χ0) is 19.2. The van der Waals surface area contributed by atoms with Crippen LogP contribution in [0.4, 0.5) is 0 Å².